The largest absolute Gasteiger partial charge is 0.426 e. The quantitative estimate of drug-likeness (QED) is 0.670. The van der Waals surface area contributed by atoms with Gasteiger partial charge in [-0.15, -0.1) is 0 Å². The molecule has 0 radical (unpaired) electrons. The summed E-state index contributed by atoms with van der Waals surface area (Å²) < 4.78 is 10.2. The molecular formula is C13H15NO4. The van der Waals surface area contributed by atoms with Gasteiger partial charge in [-0.05, 0) is 32.4 Å². The van der Waals surface area contributed by atoms with Gasteiger partial charge in [0.1, 0.15) is 5.75 Å². The second-order valence-corrected chi connectivity index (χ2v) is 4.80. The predicted octanol–water partition coefficient (Wildman–Crippen LogP) is 2.46. The van der Waals surface area contributed by atoms with Crippen LogP contribution in [-0.4, -0.2) is 11.0 Å². The van der Waals surface area contributed by atoms with Crippen LogP contribution >= 0.6 is 0 Å². The van der Waals surface area contributed by atoms with Gasteiger partial charge in [-0.1, -0.05) is 6.92 Å². The molecule has 0 amide bonds. The molecule has 0 aliphatic rings. The van der Waals surface area contributed by atoms with Crippen LogP contribution < -0.4 is 10.5 Å². The van der Waals surface area contributed by atoms with Crippen LogP contribution in [-0.2, 0) is 4.79 Å². The van der Waals surface area contributed by atoms with Gasteiger partial charge >= 0.3 is 11.7 Å². The maximum Gasteiger partial charge on any atom is 0.417 e. The van der Waals surface area contributed by atoms with Gasteiger partial charge in [0.25, 0.3) is 0 Å². The zero-order valence-electron chi connectivity index (χ0n) is 10.6. The van der Waals surface area contributed by atoms with Gasteiger partial charge in [0.05, 0.1) is 10.9 Å². The van der Waals surface area contributed by atoms with Crippen molar-refractivity contribution in [3.63, 3.8) is 0 Å². The Morgan fingerprint density at radius 2 is 2.17 bits per heavy atom. The van der Waals surface area contributed by atoms with E-state index in [1.807, 2.05) is 20.8 Å². The third-order valence-electron chi connectivity index (χ3n) is 3.04. The van der Waals surface area contributed by atoms with E-state index in [2.05, 4.69) is 4.98 Å². The molecular weight excluding hydrogens is 234 g/mol. The highest BCUT2D eigenvalue weighted by Gasteiger charge is 2.27. The molecule has 5 nitrogen and oxygen atoms in total. The first-order valence-electron chi connectivity index (χ1n) is 5.77. The van der Waals surface area contributed by atoms with E-state index in [9.17, 15) is 9.59 Å². The number of rotatable bonds is 3. The second-order valence-electron chi connectivity index (χ2n) is 4.80. The predicted molar refractivity (Wildman–Crippen MR) is 66.5 cm³/mol. The highest BCUT2D eigenvalue weighted by molar-refractivity contribution is 5.80. The first-order valence-corrected chi connectivity index (χ1v) is 5.77. The number of aromatic nitrogens is 1. The number of fused-ring (bicyclic) bond motifs is 1. The van der Waals surface area contributed by atoms with E-state index >= 15 is 0 Å². The fraction of sp³-hybridized carbons (Fsp3) is 0.385. The number of esters is 1. The molecule has 0 spiro atoms. The molecule has 0 bridgehead atoms. The molecule has 1 aromatic heterocycles. The number of carbonyl (C=O) groups is 1. The minimum atomic E-state index is -0.534. The van der Waals surface area contributed by atoms with E-state index in [1.54, 1.807) is 12.1 Å². The van der Waals surface area contributed by atoms with Crippen LogP contribution in [0.5, 0.6) is 5.75 Å². The first kappa shape index (κ1) is 12.4. The van der Waals surface area contributed by atoms with Gasteiger partial charge in [-0.25, -0.2) is 4.79 Å². The maximum atomic E-state index is 11.9. The van der Waals surface area contributed by atoms with Gasteiger partial charge in [-0.3, -0.25) is 9.78 Å². The number of oxazole rings is 1. The fourth-order valence-electron chi connectivity index (χ4n) is 1.38. The molecule has 96 valence electrons. The Kier molecular flexibility index (Phi) is 2.98. The van der Waals surface area contributed by atoms with E-state index in [1.165, 1.54) is 6.07 Å². The molecule has 0 atom stereocenters. The molecule has 1 heterocycles. The van der Waals surface area contributed by atoms with Gasteiger partial charge in [0, 0.05) is 6.07 Å². The van der Waals surface area contributed by atoms with Crippen molar-refractivity contribution < 1.29 is 13.9 Å². The number of H-pyrrole nitrogens is 1. The Bertz CT molecular complexity index is 636. The molecule has 1 aromatic carbocycles. The van der Waals surface area contributed by atoms with Crippen LogP contribution in [0.2, 0.25) is 0 Å². The van der Waals surface area contributed by atoms with Crippen LogP contribution in [0.4, 0.5) is 0 Å². The lowest BCUT2D eigenvalue weighted by Crippen LogP contribution is -2.28. The van der Waals surface area contributed by atoms with Gasteiger partial charge in [0.15, 0.2) is 5.58 Å². The average molecular weight is 249 g/mol. The fourth-order valence-corrected chi connectivity index (χ4v) is 1.38. The monoisotopic (exact) mass is 249 g/mol. The van der Waals surface area contributed by atoms with E-state index in [0.29, 0.717) is 23.3 Å². The highest BCUT2D eigenvalue weighted by atomic mass is 16.5. The van der Waals surface area contributed by atoms with Crippen LogP contribution in [0.25, 0.3) is 11.1 Å². The van der Waals surface area contributed by atoms with E-state index in [0.717, 1.165) is 0 Å². The topological polar surface area (TPSA) is 72.3 Å². The summed E-state index contributed by atoms with van der Waals surface area (Å²) in [6.07, 6.45) is 0.688. The van der Waals surface area contributed by atoms with Gasteiger partial charge in [-0.2, -0.15) is 0 Å². The van der Waals surface area contributed by atoms with Crippen molar-refractivity contribution >= 4 is 17.1 Å². The molecule has 2 aromatic rings. The highest BCUT2D eigenvalue weighted by Crippen LogP contribution is 2.25. The number of aromatic amines is 1. The number of benzene rings is 1. The van der Waals surface area contributed by atoms with Crippen molar-refractivity contribution in [1.82, 2.24) is 4.98 Å². The minimum absolute atomic E-state index is 0.303. The minimum Gasteiger partial charge on any atom is -0.426 e. The summed E-state index contributed by atoms with van der Waals surface area (Å²) in [6, 6.07) is 4.79. The summed E-state index contributed by atoms with van der Waals surface area (Å²) in [5.41, 5.74) is 0.419. The number of ether oxygens (including phenoxy) is 1. The molecule has 0 saturated carbocycles. The van der Waals surface area contributed by atoms with Gasteiger partial charge in [0.2, 0.25) is 0 Å². The second kappa shape index (κ2) is 4.33. The lowest BCUT2D eigenvalue weighted by molar-refractivity contribution is -0.144. The zero-order chi connectivity index (χ0) is 13.3. The van der Waals surface area contributed by atoms with Crippen LogP contribution in [0, 0.1) is 5.41 Å². The summed E-state index contributed by atoms with van der Waals surface area (Å²) in [7, 11) is 0. The molecule has 0 aliphatic carbocycles. The summed E-state index contributed by atoms with van der Waals surface area (Å²) in [5.74, 6) is -0.457. The summed E-state index contributed by atoms with van der Waals surface area (Å²) in [6.45, 7) is 5.57. The molecule has 0 unspecified atom stereocenters. The van der Waals surface area contributed by atoms with Crippen molar-refractivity contribution in [2.24, 2.45) is 5.41 Å². The molecule has 2 rings (SSSR count). The summed E-state index contributed by atoms with van der Waals surface area (Å²) in [4.78, 5) is 25.4. The van der Waals surface area contributed by atoms with E-state index in [4.69, 9.17) is 9.15 Å². The normalized spacial score (nSPS) is 11.7. The van der Waals surface area contributed by atoms with Crippen molar-refractivity contribution in [2.45, 2.75) is 27.2 Å². The number of hydrogen-bond acceptors (Lipinski definition) is 4. The smallest absolute Gasteiger partial charge is 0.417 e. The first-order chi connectivity index (χ1) is 8.42. The third kappa shape index (κ3) is 2.30. The average Bonchev–Trinajstić information content (AvgIpc) is 2.68. The standard InChI is InChI=1S/C13H15NO4/c1-4-13(2,3)11(15)17-8-5-6-9-10(7-8)18-12(16)14-9/h5-7H,4H2,1-3H3,(H,14,16). The molecule has 0 fully saturated rings. The Morgan fingerprint density at radius 3 is 2.83 bits per heavy atom. The summed E-state index contributed by atoms with van der Waals surface area (Å²) in [5, 5.41) is 0. The molecule has 0 saturated heterocycles. The van der Waals surface area contributed by atoms with Gasteiger partial charge < -0.3 is 9.15 Å². The van der Waals surface area contributed by atoms with Crippen LogP contribution in [0.1, 0.15) is 27.2 Å². The molecule has 5 heteroatoms. The third-order valence-corrected chi connectivity index (χ3v) is 3.04. The molecule has 18 heavy (non-hydrogen) atoms. The van der Waals surface area contributed by atoms with E-state index in [-0.39, 0.29) is 5.97 Å². The molecule has 0 aliphatic heterocycles. The van der Waals surface area contributed by atoms with Crippen molar-refractivity contribution in [1.29, 1.82) is 0 Å². The Hall–Kier alpha value is -2.04. The number of hydrogen-bond donors (Lipinski definition) is 1. The summed E-state index contributed by atoms with van der Waals surface area (Å²) >= 11 is 0. The number of carbonyl (C=O) groups excluding carboxylic acids is 1. The Labute approximate surface area is 104 Å². The maximum absolute atomic E-state index is 11.9. The SMILES string of the molecule is CCC(C)(C)C(=O)Oc1ccc2[nH]c(=O)oc2c1. The Balaban J connectivity index is 2.27. The van der Waals surface area contributed by atoms with Crippen molar-refractivity contribution in [3.05, 3.63) is 28.7 Å². The van der Waals surface area contributed by atoms with Crippen LogP contribution in [0.3, 0.4) is 0 Å². The lowest BCUT2D eigenvalue weighted by atomic mass is 9.91. The molecule has 1 N–H and O–H groups in total. The van der Waals surface area contributed by atoms with Crippen molar-refractivity contribution in [3.8, 4) is 5.75 Å². The Morgan fingerprint density at radius 1 is 1.44 bits per heavy atom. The van der Waals surface area contributed by atoms with Crippen LogP contribution in [0.15, 0.2) is 27.4 Å². The lowest BCUT2D eigenvalue weighted by Gasteiger charge is -2.19. The van der Waals surface area contributed by atoms with Crippen molar-refractivity contribution in [2.75, 3.05) is 0 Å². The van der Waals surface area contributed by atoms with E-state index < -0.39 is 11.2 Å². The number of nitrogens with one attached hydrogen (secondary N) is 1. The zero-order valence-corrected chi connectivity index (χ0v) is 10.6.